The average molecular weight is 276 g/mol. The number of nitrogens with zero attached hydrogens (tertiary/aromatic N) is 1. The first-order valence-electron chi connectivity index (χ1n) is 6.33. The normalized spacial score (nSPS) is 12.4. The lowest BCUT2D eigenvalue weighted by molar-refractivity contribution is 0.627. The van der Waals surface area contributed by atoms with Crippen molar-refractivity contribution < 1.29 is 0 Å². The number of rotatable bonds is 4. The molecule has 1 atom stereocenters. The molecule has 0 saturated heterocycles. The van der Waals surface area contributed by atoms with Crippen LogP contribution in [0.5, 0.6) is 0 Å². The van der Waals surface area contributed by atoms with Crippen LogP contribution in [0.1, 0.15) is 29.7 Å². The van der Waals surface area contributed by atoms with E-state index in [-0.39, 0.29) is 6.04 Å². The lowest BCUT2D eigenvalue weighted by Crippen LogP contribution is -2.24. The summed E-state index contributed by atoms with van der Waals surface area (Å²) in [7, 11) is 0. The van der Waals surface area contributed by atoms with Gasteiger partial charge in [-0.25, -0.2) is 4.98 Å². The minimum Gasteiger partial charge on any atom is -0.383 e. The van der Waals surface area contributed by atoms with Crippen LogP contribution in [0.25, 0.3) is 0 Å². The standard InChI is InChI=1S/C15H18ClN3/c1-3-18-14(11-4-6-12(16)7-5-11)13-10(2)8-9-19-15(13)17/h4-9,14,18H,3H2,1-2H3,(H2,17,19). The minimum absolute atomic E-state index is 0.0379. The molecule has 0 aliphatic carbocycles. The van der Waals surface area contributed by atoms with Crippen LogP contribution in [0.15, 0.2) is 36.5 Å². The summed E-state index contributed by atoms with van der Waals surface area (Å²) >= 11 is 5.94. The number of halogens is 1. The quantitative estimate of drug-likeness (QED) is 0.900. The van der Waals surface area contributed by atoms with Gasteiger partial charge in [0.15, 0.2) is 0 Å². The van der Waals surface area contributed by atoms with Crippen LogP contribution < -0.4 is 11.1 Å². The molecule has 0 aliphatic heterocycles. The molecule has 3 nitrogen and oxygen atoms in total. The molecule has 19 heavy (non-hydrogen) atoms. The van der Waals surface area contributed by atoms with Crippen molar-refractivity contribution in [2.24, 2.45) is 0 Å². The second-order valence-corrected chi connectivity index (χ2v) is 4.91. The fourth-order valence-electron chi connectivity index (χ4n) is 2.21. The van der Waals surface area contributed by atoms with Crippen LogP contribution >= 0.6 is 11.6 Å². The topological polar surface area (TPSA) is 50.9 Å². The van der Waals surface area contributed by atoms with Gasteiger partial charge in [0.1, 0.15) is 5.82 Å². The highest BCUT2D eigenvalue weighted by molar-refractivity contribution is 6.30. The Hall–Kier alpha value is -1.58. The number of anilines is 1. The van der Waals surface area contributed by atoms with Crippen molar-refractivity contribution in [1.82, 2.24) is 10.3 Å². The first-order valence-corrected chi connectivity index (χ1v) is 6.71. The van der Waals surface area contributed by atoms with E-state index in [0.717, 1.165) is 28.3 Å². The third-order valence-corrected chi connectivity index (χ3v) is 3.39. The molecule has 1 aromatic heterocycles. The van der Waals surface area contributed by atoms with Gasteiger partial charge in [-0.05, 0) is 42.8 Å². The largest absolute Gasteiger partial charge is 0.383 e. The Morgan fingerprint density at radius 2 is 1.95 bits per heavy atom. The molecule has 100 valence electrons. The summed E-state index contributed by atoms with van der Waals surface area (Å²) in [4.78, 5) is 4.20. The zero-order chi connectivity index (χ0) is 13.8. The van der Waals surface area contributed by atoms with Crippen LogP contribution in [0.2, 0.25) is 5.02 Å². The van der Waals surface area contributed by atoms with Crippen LogP contribution in [0.4, 0.5) is 5.82 Å². The second-order valence-electron chi connectivity index (χ2n) is 4.47. The number of nitrogens with one attached hydrogen (secondary N) is 1. The third-order valence-electron chi connectivity index (χ3n) is 3.14. The number of nitrogen functional groups attached to an aromatic ring is 1. The monoisotopic (exact) mass is 275 g/mol. The zero-order valence-electron chi connectivity index (χ0n) is 11.2. The van der Waals surface area contributed by atoms with E-state index in [4.69, 9.17) is 17.3 Å². The van der Waals surface area contributed by atoms with Crippen LogP contribution in [0.3, 0.4) is 0 Å². The predicted octanol–water partition coefficient (Wildman–Crippen LogP) is 3.32. The third kappa shape index (κ3) is 3.06. The molecule has 1 heterocycles. The molecule has 3 N–H and O–H groups in total. The van der Waals surface area contributed by atoms with Gasteiger partial charge in [0.25, 0.3) is 0 Å². The van der Waals surface area contributed by atoms with Gasteiger partial charge < -0.3 is 11.1 Å². The Morgan fingerprint density at radius 3 is 2.53 bits per heavy atom. The van der Waals surface area contributed by atoms with E-state index in [1.807, 2.05) is 37.3 Å². The molecule has 0 spiro atoms. The lowest BCUT2D eigenvalue weighted by Gasteiger charge is -2.22. The highest BCUT2D eigenvalue weighted by Gasteiger charge is 2.18. The van der Waals surface area contributed by atoms with E-state index in [1.54, 1.807) is 6.20 Å². The first-order chi connectivity index (χ1) is 9.13. The van der Waals surface area contributed by atoms with E-state index in [0.29, 0.717) is 5.82 Å². The Bertz CT molecular complexity index is 532. The van der Waals surface area contributed by atoms with Crippen molar-refractivity contribution in [3.05, 3.63) is 58.2 Å². The zero-order valence-corrected chi connectivity index (χ0v) is 11.9. The fourth-order valence-corrected chi connectivity index (χ4v) is 2.34. The van der Waals surface area contributed by atoms with Crippen molar-refractivity contribution in [3.63, 3.8) is 0 Å². The predicted molar refractivity (Wildman–Crippen MR) is 80.4 cm³/mol. The SMILES string of the molecule is CCNC(c1ccc(Cl)cc1)c1c(C)ccnc1N. The van der Waals surface area contributed by atoms with E-state index in [1.165, 1.54) is 0 Å². The number of hydrogen-bond donors (Lipinski definition) is 2. The van der Waals surface area contributed by atoms with Crippen molar-refractivity contribution in [2.75, 3.05) is 12.3 Å². The van der Waals surface area contributed by atoms with Crippen molar-refractivity contribution >= 4 is 17.4 Å². The summed E-state index contributed by atoms with van der Waals surface area (Å²) in [5, 5.41) is 4.18. The molecule has 0 saturated carbocycles. The highest BCUT2D eigenvalue weighted by Crippen LogP contribution is 2.29. The Labute approximate surface area is 118 Å². The number of hydrogen-bond acceptors (Lipinski definition) is 3. The average Bonchev–Trinajstić information content (AvgIpc) is 2.38. The van der Waals surface area contributed by atoms with Crippen LogP contribution in [-0.2, 0) is 0 Å². The number of aryl methyl sites for hydroxylation is 1. The highest BCUT2D eigenvalue weighted by atomic mass is 35.5. The molecule has 1 unspecified atom stereocenters. The molecule has 0 bridgehead atoms. The molecule has 2 rings (SSSR count). The smallest absolute Gasteiger partial charge is 0.128 e. The minimum atomic E-state index is 0.0379. The molecule has 0 radical (unpaired) electrons. The van der Waals surface area contributed by atoms with Gasteiger partial charge in [0.2, 0.25) is 0 Å². The van der Waals surface area contributed by atoms with Gasteiger partial charge in [0.05, 0.1) is 6.04 Å². The van der Waals surface area contributed by atoms with Crippen LogP contribution in [0, 0.1) is 6.92 Å². The Balaban J connectivity index is 2.48. The maximum absolute atomic E-state index is 6.04. The Morgan fingerprint density at radius 1 is 1.26 bits per heavy atom. The van der Waals surface area contributed by atoms with E-state index >= 15 is 0 Å². The van der Waals surface area contributed by atoms with Gasteiger partial charge in [-0.1, -0.05) is 30.7 Å². The Kier molecular flexibility index (Phi) is 4.40. The second kappa shape index (κ2) is 6.04. The molecule has 0 aliphatic rings. The van der Waals surface area contributed by atoms with Crippen molar-refractivity contribution in [1.29, 1.82) is 0 Å². The van der Waals surface area contributed by atoms with Crippen molar-refractivity contribution in [3.8, 4) is 0 Å². The van der Waals surface area contributed by atoms with Gasteiger partial charge in [-0.3, -0.25) is 0 Å². The van der Waals surface area contributed by atoms with E-state index in [2.05, 4.69) is 17.2 Å². The van der Waals surface area contributed by atoms with Gasteiger partial charge >= 0.3 is 0 Å². The number of benzene rings is 1. The molecular weight excluding hydrogens is 258 g/mol. The number of pyridine rings is 1. The van der Waals surface area contributed by atoms with Crippen LogP contribution in [-0.4, -0.2) is 11.5 Å². The summed E-state index contributed by atoms with van der Waals surface area (Å²) in [6.07, 6.45) is 1.74. The molecule has 2 aromatic rings. The summed E-state index contributed by atoms with van der Waals surface area (Å²) < 4.78 is 0. The van der Waals surface area contributed by atoms with E-state index in [9.17, 15) is 0 Å². The number of aromatic nitrogens is 1. The molecule has 1 aromatic carbocycles. The molecular formula is C15H18ClN3. The number of nitrogens with two attached hydrogens (primary N) is 1. The summed E-state index contributed by atoms with van der Waals surface area (Å²) in [5.74, 6) is 0.570. The van der Waals surface area contributed by atoms with Gasteiger partial charge in [0, 0.05) is 16.8 Å². The maximum Gasteiger partial charge on any atom is 0.128 e. The van der Waals surface area contributed by atoms with E-state index < -0.39 is 0 Å². The molecule has 4 heteroatoms. The van der Waals surface area contributed by atoms with Crippen molar-refractivity contribution in [2.45, 2.75) is 19.9 Å². The summed E-state index contributed by atoms with van der Waals surface area (Å²) in [6, 6.07) is 9.83. The first kappa shape index (κ1) is 13.8. The summed E-state index contributed by atoms with van der Waals surface area (Å²) in [6.45, 7) is 4.97. The van der Waals surface area contributed by atoms with Gasteiger partial charge in [-0.15, -0.1) is 0 Å². The molecule has 0 amide bonds. The fraction of sp³-hybridized carbons (Fsp3) is 0.267. The summed E-state index contributed by atoms with van der Waals surface area (Å²) in [5.41, 5.74) is 9.34. The molecule has 0 fully saturated rings. The lowest BCUT2D eigenvalue weighted by atomic mass is 9.95. The maximum atomic E-state index is 6.04. The van der Waals surface area contributed by atoms with Gasteiger partial charge in [-0.2, -0.15) is 0 Å².